The van der Waals surface area contributed by atoms with E-state index in [1.165, 1.54) is 28.5 Å². The van der Waals surface area contributed by atoms with Crippen LogP contribution in [0.3, 0.4) is 0 Å². The van der Waals surface area contributed by atoms with Gasteiger partial charge >= 0.3 is 0 Å². The van der Waals surface area contributed by atoms with E-state index in [9.17, 15) is 0 Å². The second-order valence-corrected chi connectivity index (χ2v) is 5.41. The summed E-state index contributed by atoms with van der Waals surface area (Å²) in [6.07, 6.45) is 0.676. The Morgan fingerprint density at radius 1 is 1.26 bits per heavy atom. The molecule has 0 aliphatic rings. The molecule has 0 atom stereocenters. The van der Waals surface area contributed by atoms with E-state index in [1.54, 1.807) is 0 Å². The third-order valence-corrected chi connectivity index (χ3v) is 3.33. The van der Waals surface area contributed by atoms with Gasteiger partial charge in [0.1, 0.15) is 0 Å². The second-order valence-electron chi connectivity index (χ2n) is 4.43. The highest BCUT2D eigenvalue weighted by molar-refractivity contribution is 7.98. The Balaban J connectivity index is 2.01. The molecule has 1 aromatic heterocycles. The number of aromatic nitrogens is 2. The van der Waals surface area contributed by atoms with Crippen molar-refractivity contribution >= 4 is 11.8 Å². The molecule has 0 aliphatic carbocycles. The summed E-state index contributed by atoms with van der Waals surface area (Å²) in [5, 5.41) is 12.4. The highest BCUT2D eigenvalue weighted by Gasteiger charge is 2.07. The molecule has 19 heavy (non-hydrogen) atoms. The standard InChI is InChI=1S/C14H15N3OS/c1-10-5-11(2)7-12(6-10)8-13-16-14(18-17-13)9-19-4-3-15/h5-7H,4,8-9H2,1-2H3. The summed E-state index contributed by atoms with van der Waals surface area (Å²) in [5.74, 6) is 2.31. The van der Waals surface area contributed by atoms with E-state index in [-0.39, 0.29) is 0 Å². The highest BCUT2D eigenvalue weighted by atomic mass is 32.2. The molecule has 98 valence electrons. The van der Waals surface area contributed by atoms with E-state index in [2.05, 4.69) is 48.3 Å². The number of hydrogen-bond donors (Lipinski definition) is 0. The normalized spacial score (nSPS) is 10.4. The zero-order valence-corrected chi connectivity index (χ0v) is 11.8. The minimum atomic E-state index is 0.439. The Kier molecular flexibility index (Phi) is 4.58. The molecule has 2 aromatic rings. The Morgan fingerprint density at radius 3 is 2.68 bits per heavy atom. The molecule has 4 nitrogen and oxygen atoms in total. The Morgan fingerprint density at radius 2 is 2.00 bits per heavy atom. The number of nitrogens with zero attached hydrogens (tertiary/aromatic N) is 3. The van der Waals surface area contributed by atoms with Crippen LogP contribution in [0, 0.1) is 25.2 Å². The fourth-order valence-corrected chi connectivity index (χ4v) is 2.44. The lowest BCUT2D eigenvalue weighted by Crippen LogP contribution is -1.93. The third kappa shape index (κ3) is 4.11. The third-order valence-electron chi connectivity index (χ3n) is 2.55. The van der Waals surface area contributed by atoms with Gasteiger partial charge in [-0.05, 0) is 19.4 Å². The lowest BCUT2D eigenvalue weighted by Gasteiger charge is -2.01. The van der Waals surface area contributed by atoms with Crippen molar-refractivity contribution < 1.29 is 4.52 Å². The number of rotatable bonds is 5. The van der Waals surface area contributed by atoms with Crippen LogP contribution in [0.15, 0.2) is 22.7 Å². The molecule has 0 bridgehead atoms. The number of thioether (sulfide) groups is 1. The van der Waals surface area contributed by atoms with Crippen LogP contribution in [0.1, 0.15) is 28.4 Å². The lowest BCUT2D eigenvalue weighted by molar-refractivity contribution is 0.386. The molecule has 0 amide bonds. The van der Waals surface area contributed by atoms with Gasteiger partial charge in [0, 0.05) is 6.42 Å². The van der Waals surface area contributed by atoms with E-state index in [0.717, 1.165) is 0 Å². The van der Waals surface area contributed by atoms with Gasteiger partial charge in [-0.15, -0.1) is 11.8 Å². The predicted octanol–water partition coefficient (Wildman–Crippen LogP) is 3.03. The maximum absolute atomic E-state index is 8.46. The molecule has 2 rings (SSSR count). The Bertz CT molecular complexity index is 581. The summed E-state index contributed by atoms with van der Waals surface area (Å²) in [7, 11) is 0. The largest absolute Gasteiger partial charge is 0.338 e. The van der Waals surface area contributed by atoms with Gasteiger partial charge in [0.15, 0.2) is 5.82 Å². The van der Waals surface area contributed by atoms with Crippen molar-refractivity contribution in [2.45, 2.75) is 26.0 Å². The number of aryl methyl sites for hydroxylation is 2. The van der Waals surface area contributed by atoms with Crippen LogP contribution in [0.4, 0.5) is 0 Å². The fourth-order valence-electron chi connectivity index (χ4n) is 1.96. The lowest BCUT2D eigenvalue weighted by atomic mass is 10.1. The summed E-state index contributed by atoms with van der Waals surface area (Å²) in [6.45, 7) is 4.16. The zero-order chi connectivity index (χ0) is 13.7. The van der Waals surface area contributed by atoms with Gasteiger partial charge < -0.3 is 4.52 Å². The fraction of sp³-hybridized carbons (Fsp3) is 0.357. The smallest absolute Gasteiger partial charge is 0.236 e. The van der Waals surface area contributed by atoms with E-state index >= 15 is 0 Å². The van der Waals surface area contributed by atoms with Crippen LogP contribution in [-0.2, 0) is 12.2 Å². The molecule has 1 aromatic carbocycles. The maximum atomic E-state index is 8.46. The molecular formula is C14H15N3OS. The molecule has 0 fully saturated rings. The molecule has 5 heteroatoms. The first-order chi connectivity index (χ1) is 9.17. The molecule has 0 spiro atoms. The molecule has 0 saturated heterocycles. The van der Waals surface area contributed by atoms with Gasteiger partial charge in [-0.1, -0.05) is 34.5 Å². The summed E-state index contributed by atoms with van der Waals surface area (Å²) < 4.78 is 5.15. The summed E-state index contributed by atoms with van der Waals surface area (Å²) in [6, 6.07) is 8.48. The van der Waals surface area contributed by atoms with Crippen molar-refractivity contribution in [3.63, 3.8) is 0 Å². The average Bonchev–Trinajstić information content (AvgIpc) is 2.76. The topological polar surface area (TPSA) is 62.7 Å². The summed E-state index contributed by atoms with van der Waals surface area (Å²) in [5.41, 5.74) is 3.67. The SMILES string of the molecule is Cc1cc(C)cc(Cc2noc(CSCC#N)n2)c1. The second kappa shape index (κ2) is 6.39. The molecule has 0 N–H and O–H groups in total. The van der Waals surface area contributed by atoms with Crippen LogP contribution in [0.5, 0.6) is 0 Å². The minimum absolute atomic E-state index is 0.439. The van der Waals surface area contributed by atoms with Gasteiger partial charge in [-0.3, -0.25) is 0 Å². The molecule has 0 radical (unpaired) electrons. The van der Waals surface area contributed by atoms with Crippen molar-refractivity contribution in [2.24, 2.45) is 0 Å². The summed E-state index contributed by atoms with van der Waals surface area (Å²) >= 11 is 1.47. The predicted molar refractivity (Wildman–Crippen MR) is 74.8 cm³/mol. The molecule has 1 heterocycles. The highest BCUT2D eigenvalue weighted by Crippen LogP contribution is 2.14. The van der Waals surface area contributed by atoms with E-state index < -0.39 is 0 Å². The van der Waals surface area contributed by atoms with E-state index in [1.807, 2.05) is 0 Å². The quantitative estimate of drug-likeness (QED) is 0.783. The van der Waals surface area contributed by atoms with Crippen molar-refractivity contribution in [2.75, 3.05) is 5.75 Å². The molecular weight excluding hydrogens is 258 g/mol. The van der Waals surface area contributed by atoms with Crippen LogP contribution >= 0.6 is 11.8 Å². The van der Waals surface area contributed by atoms with Crippen molar-refractivity contribution in [1.29, 1.82) is 5.26 Å². The van der Waals surface area contributed by atoms with Gasteiger partial charge in [-0.2, -0.15) is 10.2 Å². The van der Waals surface area contributed by atoms with Gasteiger partial charge in [-0.25, -0.2) is 0 Å². The zero-order valence-electron chi connectivity index (χ0n) is 11.0. The number of hydrogen-bond acceptors (Lipinski definition) is 5. The van der Waals surface area contributed by atoms with Crippen molar-refractivity contribution in [1.82, 2.24) is 10.1 Å². The van der Waals surface area contributed by atoms with Crippen molar-refractivity contribution in [3.05, 3.63) is 46.6 Å². The van der Waals surface area contributed by atoms with Gasteiger partial charge in [0.25, 0.3) is 0 Å². The first-order valence-electron chi connectivity index (χ1n) is 6.00. The van der Waals surface area contributed by atoms with Crippen molar-refractivity contribution in [3.8, 4) is 6.07 Å². The van der Waals surface area contributed by atoms with Gasteiger partial charge in [0.05, 0.1) is 17.6 Å². The minimum Gasteiger partial charge on any atom is -0.338 e. The average molecular weight is 273 g/mol. The van der Waals surface area contributed by atoms with Gasteiger partial charge in [0.2, 0.25) is 5.89 Å². The molecule has 0 unspecified atom stereocenters. The van der Waals surface area contributed by atoms with Crippen LogP contribution in [0.25, 0.3) is 0 Å². The Labute approximate surface area is 116 Å². The monoisotopic (exact) mass is 273 g/mol. The van der Waals surface area contributed by atoms with Crippen LogP contribution < -0.4 is 0 Å². The van der Waals surface area contributed by atoms with E-state index in [4.69, 9.17) is 9.78 Å². The van der Waals surface area contributed by atoms with Crippen LogP contribution in [0.2, 0.25) is 0 Å². The first kappa shape index (κ1) is 13.6. The molecule has 0 aliphatic heterocycles. The summed E-state index contributed by atoms with van der Waals surface area (Å²) in [4.78, 5) is 4.33. The van der Waals surface area contributed by atoms with E-state index in [0.29, 0.717) is 29.6 Å². The molecule has 0 saturated carbocycles. The maximum Gasteiger partial charge on any atom is 0.236 e. The number of benzene rings is 1. The number of nitriles is 1. The Hall–Kier alpha value is -1.80. The van der Waals surface area contributed by atoms with Crippen LogP contribution in [-0.4, -0.2) is 15.9 Å². The first-order valence-corrected chi connectivity index (χ1v) is 7.16.